The van der Waals surface area contributed by atoms with Crippen molar-refractivity contribution in [3.63, 3.8) is 0 Å². The minimum absolute atomic E-state index is 0.0897. The average Bonchev–Trinajstić information content (AvgIpc) is 2.28. The number of halogens is 2. The number of carbonyl (C=O) groups excluding carboxylic acids is 1. The van der Waals surface area contributed by atoms with Gasteiger partial charge in [-0.3, -0.25) is 4.79 Å². The Bertz CT molecular complexity index is 407. The van der Waals surface area contributed by atoms with Gasteiger partial charge in [-0.2, -0.15) is 0 Å². The molecule has 3 nitrogen and oxygen atoms in total. The molecule has 0 aliphatic rings. The van der Waals surface area contributed by atoms with E-state index in [1.54, 1.807) is 13.8 Å². The van der Waals surface area contributed by atoms with Crippen molar-refractivity contribution in [3.05, 3.63) is 35.4 Å². The van der Waals surface area contributed by atoms with Crippen molar-refractivity contribution in [2.45, 2.75) is 19.9 Å². The molecule has 0 saturated carbocycles. The number of benzene rings is 1. The monoisotopic (exact) mass is 243 g/mol. The smallest absolute Gasteiger partial charge is 0.257 e. The summed E-state index contributed by atoms with van der Waals surface area (Å²) in [5, 5.41) is 8.84. The van der Waals surface area contributed by atoms with Crippen LogP contribution in [0.15, 0.2) is 18.2 Å². The number of aliphatic hydroxyl groups excluding tert-OH is 1. The predicted octanol–water partition coefficient (Wildman–Crippen LogP) is 1.81. The Morgan fingerprint density at radius 1 is 1.41 bits per heavy atom. The van der Waals surface area contributed by atoms with E-state index in [1.165, 1.54) is 17.0 Å². The van der Waals surface area contributed by atoms with Crippen molar-refractivity contribution >= 4 is 5.91 Å². The third-order valence-corrected chi connectivity index (χ3v) is 2.41. The quantitative estimate of drug-likeness (QED) is 0.876. The Morgan fingerprint density at radius 3 is 2.59 bits per heavy atom. The van der Waals surface area contributed by atoms with Crippen LogP contribution in [-0.2, 0) is 0 Å². The molecule has 0 bridgehead atoms. The summed E-state index contributed by atoms with van der Waals surface area (Å²) in [6.07, 6.45) is 0. The normalized spacial score (nSPS) is 10.7. The van der Waals surface area contributed by atoms with Gasteiger partial charge in [0.15, 0.2) is 11.6 Å². The number of rotatable bonds is 4. The zero-order valence-electron chi connectivity index (χ0n) is 9.78. The van der Waals surface area contributed by atoms with Crippen LogP contribution in [0.3, 0.4) is 0 Å². The Kier molecular flexibility index (Phi) is 4.57. The summed E-state index contributed by atoms with van der Waals surface area (Å²) in [7, 11) is 0. The van der Waals surface area contributed by atoms with Crippen LogP contribution in [0, 0.1) is 11.6 Å². The molecule has 1 amide bonds. The maximum absolute atomic E-state index is 13.4. The van der Waals surface area contributed by atoms with E-state index in [0.717, 1.165) is 6.07 Å². The first-order valence-corrected chi connectivity index (χ1v) is 5.35. The lowest BCUT2D eigenvalue weighted by Crippen LogP contribution is -2.39. The molecule has 0 aliphatic carbocycles. The van der Waals surface area contributed by atoms with E-state index >= 15 is 0 Å². The third-order valence-electron chi connectivity index (χ3n) is 2.41. The molecule has 1 rings (SSSR count). The Labute approximate surface area is 98.7 Å². The first-order chi connectivity index (χ1) is 7.99. The summed E-state index contributed by atoms with van der Waals surface area (Å²) >= 11 is 0. The maximum Gasteiger partial charge on any atom is 0.257 e. The second kappa shape index (κ2) is 5.72. The van der Waals surface area contributed by atoms with Crippen molar-refractivity contribution < 1.29 is 18.7 Å². The first kappa shape index (κ1) is 13.6. The van der Waals surface area contributed by atoms with E-state index < -0.39 is 17.5 Å². The molecule has 5 heteroatoms. The number of aliphatic hydroxyl groups is 1. The molecule has 0 saturated heterocycles. The topological polar surface area (TPSA) is 40.5 Å². The van der Waals surface area contributed by atoms with E-state index in [2.05, 4.69) is 0 Å². The molecule has 94 valence electrons. The molecule has 1 N–H and O–H groups in total. The fourth-order valence-corrected chi connectivity index (χ4v) is 1.53. The van der Waals surface area contributed by atoms with Crippen molar-refractivity contribution in [3.8, 4) is 0 Å². The molecular weight excluding hydrogens is 228 g/mol. The van der Waals surface area contributed by atoms with Gasteiger partial charge in [0.1, 0.15) is 0 Å². The predicted molar refractivity (Wildman–Crippen MR) is 59.6 cm³/mol. The largest absolute Gasteiger partial charge is 0.395 e. The number of hydrogen-bond donors (Lipinski definition) is 1. The molecule has 0 unspecified atom stereocenters. The van der Waals surface area contributed by atoms with Gasteiger partial charge in [0, 0.05) is 12.6 Å². The maximum atomic E-state index is 13.4. The lowest BCUT2D eigenvalue weighted by molar-refractivity contribution is 0.0659. The van der Waals surface area contributed by atoms with Crippen molar-refractivity contribution in [1.29, 1.82) is 0 Å². The molecule has 17 heavy (non-hydrogen) atoms. The minimum Gasteiger partial charge on any atom is -0.395 e. The van der Waals surface area contributed by atoms with Crippen LogP contribution in [0.1, 0.15) is 24.2 Å². The highest BCUT2D eigenvalue weighted by molar-refractivity contribution is 5.94. The fourth-order valence-electron chi connectivity index (χ4n) is 1.53. The molecule has 0 atom stereocenters. The molecule has 0 aliphatic heterocycles. The lowest BCUT2D eigenvalue weighted by atomic mass is 10.1. The van der Waals surface area contributed by atoms with Crippen LogP contribution < -0.4 is 0 Å². The van der Waals surface area contributed by atoms with Gasteiger partial charge in [-0.05, 0) is 26.0 Å². The summed E-state index contributed by atoms with van der Waals surface area (Å²) in [4.78, 5) is 13.2. The van der Waals surface area contributed by atoms with Crippen LogP contribution in [0.2, 0.25) is 0 Å². The van der Waals surface area contributed by atoms with E-state index in [-0.39, 0.29) is 24.8 Å². The Hall–Kier alpha value is -1.49. The summed E-state index contributed by atoms with van der Waals surface area (Å²) < 4.78 is 26.4. The van der Waals surface area contributed by atoms with E-state index in [4.69, 9.17) is 5.11 Å². The van der Waals surface area contributed by atoms with Crippen LogP contribution in [0.25, 0.3) is 0 Å². The highest BCUT2D eigenvalue weighted by Gasteiger charge is 2.22. The van der Waals surface area contributed by atoms with E-state index in [0.29, 0.717) is 0 Å². The number of nitrogens with zero attached hydrogens (tertiary/aromatic N) is 1. The lowest BCUT2D eigenvalue weighted by Gasteiger charge is -2.26. The number of amides is 1. The standard InChI is InChI=1S/C12H15F2NO2/c1-8(2)15(6-7-16)12(17)9-4-3-5-10(13)11(9)14/h3-5,8,16H,6-7H2,1-2H3. The van der Waals surface area contributed by atoms with Gasteiger partial charge in [0.25, 0.3) is 5.91 Å². The third kappa shape index (κ3) is 3.00. The molecule has 0 heterocycles. The molecule has 0 aromatic heterocycles. The van der Waals surface area contributed by atoms with Crippen molar-refractivity contribution in [2.24, 2.45) is 0 Å². The second-order valence-electron chi connectivity index (χ2n) is 3.92. The first-order valence-electron chi connectivity index (χ1n) is 5.35. The number of hydrogen-bond acceptors (Lipinski definition) is 2. The second-order valence-corrected chi connectivity index (χ2v) is 3.92. The van der Waals surface area contributed by atoms with Crippen molar-refractivity contribution in [1.82, 2.24) is 4.90 Å². The summed E-state index contributed by atoms with van der Waals surface area (Å²) in [5.41, 5.74) is -0.313. The van der Waals surface area contributed by atoms with Crippen LogP contribution in [-0.4, -0.2) is 35.1 Å². The molecule has 1 aromatic carbocycles. The summed E-state index contributed by atoms with van der Waals surface area (Å²) in [5.74, 6) is -2.82. The SMILES string of the molecule is CC(C)N(CCO)C(=O)c1cccc(F)c1F. The number of carbonyl (C=O) groups is 1. The molecule has 0 fully saturated rings. The van der Waals surface area contributed by atoms with Gasteiger partial charge in [0.05, 0.1) is 12.2 Å². The van der Waals surface area contributed by atoms with Crippen LogP contribution >= 0.6 is 0 Å². The molecule has 0 spiro atoms. The van der Waals surface area contributed by atoms with Gasteiger partial charge < -0.3 is 10.0 Å². The molecule has 0 radical (unpaired) electrons. The van der Waals surface area contributed by atoms with Gasteiger partial charge in [-0.15, -0.1) is 0 Å². The van der Waals surface area contributed by atoms with Crippen LogP contribution in [0.5, 0.6) is 0 Å². The average molecular weight is 243 g/mol. The van der Waals surface area contributed by atoms with E-state index in [9.17, 15) is 13.6 Å². The van der Waals surface area contributed by atoms with Crippen LogP contribution in [0.4, 0.5) is 8.78 Å². The Balaban J connectivity index is 3.05. The van der Waals surface area contributed by atoms with Gasteiger partial charge in [0.2, 0.25) is 0 Å². The fraction of sp³-hybridized carbons (Fsp3) is 0.417. The van der Waals surface area contributed by atoms with Gasteiger partial charge >= 0.3 is 0 Å². The zero-order chi connectivity index (χ0) is 13.0. The van der Waals surface area contributed by atoms with E-state index in [1.807, 2.05) is 0 Å². The summed E-state index contributed by atoms with van der Waals surface area (Å²) in [6.45, 7) is 3.35. The zero-order valence-corrected chi connectivity index (χ0v) is 9.78. The summed E-state index contributed by atoms with van der Waals surface area (Å²) in [6, 6.07) is 3.27. The van der Waals surface area contributed by atoms with Gasteiger partial charge in [-0.1, -0.05) is 6.07 Å². The highest BCUT2D eigenvalue weighted by atomic mass is 19.2. The van der Waals surface area contributed by atoms with Crippen molar-refractivity contribution in [2.75, 3.05) is 13.2 Å². The molecule has 1 aromatic rings. The minimum atomic E-state index is -1.15. The Morgan fingerprint density at radius 2 is 2.06 bits per heavy atom. The highest BCUT2D eigenvalue weighted by Crippen LogP contribution is 2.15. The molecular formula is C12H15F2NO2. The van der Waals surface area contributed by atoms with Gasteiger partial charge in [-0.25, -0.2) is 8.78 Å².